The number of hydrogen-bond donors (Lipinski definition) is 1. The van der Waals surface area contributed by atoms with E-state index in [1.165, 1.54) is 193 Å². The molecular formula is C40H78O3. The van der Waals surface area contributed by atoms with E-state index in [1.54, 1.807) is 0 Å². The van der Waals surface area contributed by atoms with Crippen LogP contribution < -0.4 is 0 Å². The number of carbonyl (C=O) groups excluding carboxylic acids is 1. The SMILES string of the molecule is CCCCCCCCC=CCCCCCCCCCC(=O)OCCCCCCCCCCCCCCCCCCCCO. The van der Waals surface area contributed by atoms with Gasteiger partial charge in [0.1, 0.15) is 0 Å². The van der Waals surface area contributed by atoms with Crippen LogP contribution in [0, 0.1) is 0 Å². The molecule has 1 N–H and O–H groups in total. The molecule has 0 unspecified atom stereocenters. The van der Waals surface area contributed by atoms with Gasteiger partial charge in [0.25, 0.3) is 0 Å². The number of hydrogen-bond acceptors (Lipinski definition) is 3. The maximum atomic E-state index is 12.0. The maximum Gasteiger partial charge on any atom is 0.305 e. The molecule has 0 bridgehead atoms. The average molecular weight is 607 g/mol. The molecule has 43 heavy (non-hydrogen) atoms. The lowest BCUT2D eigenvalue weighted by atomic mass is 10.0. The van der Waals surface area contributed by atoms with E-state index >= 15 is 0 Å². The Morgan fingerprint density at radius 2 is 0.767 bits per heavy atom. The van der Waals surface area contributed by atoms with Gasteiger partial charge in [-0.2, -0.15) is 0 Å². The van der Waals surface area contributed by atoms with Gasteiger partial charge in [-0.25, -0.2) is 0 Å². The van der Waals surface area contributed by atoms with Gasteiger partial charge in [-0.05, 0) is 44.9 Å². The van der Waals surface area contributed by atoms with Gasteiger partial charge in [0.05, 0.1) is 6.61 Å². The molecule has 0 amide bonds. The van der Waals surface area contributed by atoms with Crippen molar-refractivity contribution in [3.8, 4) is 0 Å². The van der Waals surface area contributed by atoms with Crippen molar-refractivity contribution in [2.75, 3.05) is 13.2 Å². The van der Waals surface area contributed by atoms with E-state index in [-0.39, 0.29) is 5.97 Å². The number of esters is 1. The average Bonchev–Trinajstić information content (AvgIpc) is 3.01. The fourth-order valence-electron chi connectivity index (χ4n) is 5.99. The highest BCUT2D eigenvalue weighted by atomic mass is 16.5. The minimum atomic E-state index is 0.0157. The molecular weight excluding hydrogens is 528 g/mol. The first-order chi connectivity index (χ1) is 21.3. The predicted molar refractivity (Wildman–Crippen MR) is 190 cm³/mol. The third kappa shape index (κ3) is 39.1. The summed E-state index contributed by atoms with van der Waals surface area (Å²) in [5.74, 6) is 0.0157. The molecule has 0 saturated carbocycles. The summed E-state index contributed by atoms with van der Waals surface area (Å²) in [6.07, 6.45) is 48.7. The number of aliphatic hydroxyl groups is 1. The van der Waals surface area contributed by atoms with E-state index in [4.69, 9.17) is 9.84 Å². The lowest BCUT2D eigenvalue weighted by molar-refractivity contribution is -0.143. The smallest absolute Gasteiger partial charge is 0.305 e. The Bertz CT molecular complexity index is 544. The molecule has 0 saturated heterocycles. The summed E-state index contributed by atoms with van der Waals surface area (Å²) in [4.78, 5) is 12.0. The first kappa shape index (κ1) is 42.2. The summed E-state index contributed by atoms with van der Waals surface area (Å²) >= 11 is 0. The molecule has 3 nitrogen and oxygen atoms in total. The molecule has 0 fully saturated rings. The van der Waals surface area contributed by atoms with Crippen LogP contribution in [0.25, 0.3) is 0 Å². The Balaban J connectivity index is 3.17. The van der Waals surface area contributed by atoms with Crippen LogP contribution in [-0.2, 0) is 9.53 Å². The number of rotatable bonds is 37. The van der Waals surface area contributed by atoms with E-state index < -0.39 is 0 Å². The summed E-state index contributed by atoms with van der Waals surface area (Å²) in [6, 6.07) is 0. The molecule has 0 aliphatic carbocycles. The van der Waals surface area contributed by atoms with Crippen LogP contribution in [0.5, 0.6) is 0 Å². The molecule has 0 atom stereocenters. The van der Waals surface area contributed by atoms with Crippen molar-refractivity contribution < 1.29 is 14.6 Å². The lowest BCUT2D eigenvalue weighted by Gasteiger charge is -2.06. The zero-order valence-electron chi connectivity index (χ0n) is 29.4. The van der Waals surface area contributed by atoms with Crippen molar-refractivity contribution >= 4 is 5.97 Å². The third-order valence-corrected chi connectivity index (χ3v) is 8.96. The highest BCUT2D eigenvalue weighted by Gasteiger charge is 2.03. The molecule has 0 aliphatic rings. The summed E-state index contributed by atoms with van der Waals surface area (Å²) in [5, 5.41) is 8.79. The van der Waals surface area contributed by atoms with Crippen molar-refractivity contribution in [1.29, 1.82) is 0 Å². The molecule has 0 aliphatic heterocycles. The largest absolute Gasteiger partial charge is 0.466 e. The molecule has 0 rings (SSSR count). The zero-order valence-corrected chi connectivity index (χ0v) is 29.4. The number of carbonyl (C=O) groups is 1. The number of unbranched alkanes of at least 4 members (excludes halogenated alkanes) is 30. The van der Waals surface area contributed by atoms with E-state index in [0.29, 0.717) is 19.6 Å². The minimum absolute atomic E-state index is 0.0157. The van der Waals surface area contributed by atoms with E-state index in [0.717, 1.165) is 19.3 Å². The summed E-state index contributed by atoms with van der Waals surface area (Å²) in [7, 11) is 0. The molecule has 0 aromatic carbocycles. The molecule has 0 aromatic heterocycles. The summed E-state index contributed by atoms with van der Waals surface area (Å²) in [5.41, 5.74) is 0. The van der Waals surface area contributed by atoms with E-state index in [9.17, 15) is 4.79 Å². The Hall–Kier alpha value is -0.830. The predicted octanol–water partition coefficient (Wildman–Crippen LogP) is 13.4. The van der Waals surface area contributed by atoms with Crippen molar-refractivity contribution in [1.82, 2.24) is 0 Å². The zero-order chi connectivity index (χ0) is 31.2. The third-order valence-electron chi connectivity index (χ3n) is 8.96. The fourth-order valence-corrected chi connectivity index (χ4v) is 5.99. The number of allylic oxidation sites excluding steroid dienone is 2. The van der Waals surface area contributed by atoms with Crippen LogP contribution in [0.15, 0.2) is 12.2 Å². The maximum absolute atomic E-state index is 12.0. The Labute approximate surface area is 270 Å². The first-order valence-corrected chi connectivity index (χ1v) is 19.7. The molecule has 3 heteroatoms. The van der Waals surface area contributed by atoms with Crippen molar-refractivity contribution in [3.63, 3.8) is 0 Å². The van der Waals surface area contributed by atoms with Crippen molar-refractivity contribution in [3.05, 3.63) is 12.2 Å². The van der Waals surface area contributed by atoms with Crippen LogP contribution in [0.2, 0.25) is 0 Å². The van der Waals surface area contributed by atoms with Gasteiger partial charge in [0.15, 0.2) is 0 Å². The Morgan fingerprint density at radius 3 is 1.16 bits per heavy atom. The van der Waals surface area contributed by atoms with Crippen LogP contribution in [-0.4, -0.2) is 24.3 Å². The molecule has 256 valence electrons. The van der Waals surface area contributed by atoms with Crippen LogP contribution >= 0.6 is 0 Å². The Morgan fingerprint density at radius 1 is 0.442 bits per heavy atom. The monoisotopic (exact) mass is 607 g/mol. The highest BCUT2D eigenvalue weighted by Crippen LogP contribution is 2.15. The van der Waals surface area contributed by atoms with Gasteiger partial charge in [0.2, 0.25) is 0 Å². The van der Waals surface area contributed by atoms with Crippen LogP contribution in [0.1, 0.15) is 225 Å². The second-order valence-electron chi connectivity index (χ2n) is 13.3. The molecule has 0 spiro atoms. The van der Waals surface area contributed by atoms with Gasteiger partial charge < -0.3 is 9.84 Å². The number of ether oxygens (including phenoxy) is 1. The molecule has 0 heterocycles. The van der Waals surface area contributed by atoms with Gasteiger partial charge in [-0.3, -0.25) is 4.79 Å². The Kier molecular flexibility index (Phi) is 38.4. The van der Waals surface area contributed by atoms with Crippen LogP contribution in [0.4, 0.5) is 0 Å². The normalized spacial score (nSPS) is 11.6. The van der Waals surface area contributed by atoms with Crippen molar-refractivity contribution in [2.45, 2.75) is 225 Å². The standard InChI is InChI=1S/C40H78O3/c1-2-3-4-5-6-7-8-9-10-13-16-19-22-25-28-31-34-37-40(42)43-39-36-33-30-27-24-21-18-15-12-11-14-17-20-23-26-29-32-35-38-41/h9-10,41H,2-8,11-39H2,1H3. The molecule has 0 aromatic rings. The van der Waals surface area contributed by atoms with Gasteiger partial charge in [-0.1, -0.05) is 186 Å². The fraction of sp³-hybridized carbons (Fsp3) is 0.925. The van der Waals surface area contributed by atoms with Gasteiger partial charge >= 0.3 is 5.97 Å². The second-order valence-corrected chi connectivity index (χ2v) is 13.3. The lowest BCUT2D eigenvalue weighted by Crippen LogP contribution is -2.05. The van der Waals surface area contributed by atoms with Gasteiger partial charge in [0, 0.05) is 13.0 Å². The number of aliphatic hydroxyl groups excluding tert-OH is 1. The van der Waals surface area contributed by atoms with E-state index in [2.05, 4.69) is 19.1 Å². The molecule has 0 radical (unpaired) electrons. The van der Waals surface area contributed by atoms with Crippen LogP contribution in [0.3, 0.4) is 0 Å². The topological polar surface area (TPSA) is 46.5 Å². The quantitative estimate of drug-likeness (QED) is 0.0434. The summed E-state index contributed by atoms with van der Waals surface area (Å²) < 4.78 is 5.45. The minimum Gasteiger partial charge on any atom is -0.466 e. The highest BCUT2D eigenvalue weighted by molar-refractivity contribution is 5.69. The first-order valence-electron chi connectivity index (χ1n) is 19.7. The van der Waals surface area contributed by atoms with Gasteiger partial charge in [-0.15, -0.1) is 0 Å². The van der Waals surface area contributed by atoms with Crippen molar-refractivity contribution in [2.24, 2.45) is 0 Å². The summed E-state index contributed by atoms with van der Waals surface area (Å²) in [6.45, 7) is 3.26. The second kappa shape index (κ2) is 39.2. The van der Waals surface area contributed by atoms with E-state index in [1.807, 2.05) is 0 Å².